The maximum Gasteiger partial charge on any atom is 0.0674 e. The van der Waals surface area contributed by atoms with E-state index in [4.69, 9.17) is 4.74 Å². The summed E-state index contributed by atoms with van der Waals surface area (Å²) in [6, 6.07) is 12.2. The monoisotopic (exact) mass is 301 g/mol. The van der Waals surface area contributed by atoms with Gasteiger partial charge in [0.2, 0.25) is 0 Å². The maximum absolute atomic E-state index is 5.80. The number of piperidine rings is 1. The lowest BCUT2D eigenvalue weighted by molar-refractivity contribution is -0.00992. The standard InChI is InChI=1S/C18H27N3O/c1-2-4-17(5-3-1)21-10-11-22-14-18(21)15-12-20(13-15)16-6-8-19-9-7-16/h1-5,15-16,18-19H,6-14H2. The van der Waals surface area contributed by atoms with Crippen molar-refractivity contribution in [2.24, 2.45) is 5.92 Å². The molecule has 0 radical (unpaired) electrons. The fourth-order valence-electron chi connectivity index (χ4n) is 4.22. The van der Waals surface area contributed by atoms with Gasteiger partial charge in [-0.3, -0.25) is 4.90 Å². The zero-order chi connectivity index (χ0) is 14.8. The second kappa shape index (κ2) is 6.57. The van der Waals surface area contributed by atoms with E-state index in [9.17, 15) is 0 Å². The van der Waals surface area contributed by atoms with Crippen LogP contribution in [0.2, 0.25) is 0 Å². The molecule has 3 aliphatic heterocycles. The molecule has 4 rings (SSSR count). The Morgan fingerprint density at radius 2 is 1.82 bits per heavy atom. The first-order valence-electron chi connectivity index (χ1n) is 8.76. The van der Waals surface area contributed by atoms with Crippen LogP contribution in [0, 0.1) is 5.92 Å². The Balaban J connectivity index is 1.39. The van der Waals surface area contributed by atoms with Gasteiger partial charge in [0.25, 0.3) is 0 Å². The van der Waals surface area contributed by atoms with Gasteiger partial charge in [0.15, 0.2) is 0 Å². The van der Waals surface area contributed by atoms with Crippen molar-refractivity contribution in [2.45, 2.75) is 24.9 Å². The Labute approximate surface area is 133 Å². The van der Waals surface area contributed by atoms with E-state index in [1.54, 1.807) is 0 Å². The lowest BCUT2D eigenvalue weighted by Gasteiger charge is -2.52. The first-order valence-corrected chi connectivity index (χ1v) is 8.76. The Hall–Kier alpha value is -1.10. The largest absolute Gasteiger partial charge is 0.377 e. The summed E-state index contributed by atoms with van der Waals surface area (Å²) in [4.78, 5) is 5.28. The van der Waals surface area contributed by atoms with Crippen LogP contribution in [0.5, 0.6) is 0 Å². The molecule has 3 heterocycles. The number of anilines is 1. The van der Waals surface area contributed by atoms with E-state index in [1.807, 2.05) is 0 Å². The highest BCUT2D eigenvalue weighted by atomic mass is 16.5. The molecule has 0 aliphatic carbocycles. The van der Waals surface area contributed by atoms with Crippen LogP contribution in [0.3, 0.4) is 0 Å². The van der Waals surface area contributed by atoms with E-state index in [0.717, 1.165) is 31.7 Å². The number of hydrogen-bond acceptors (Lipinski definition) is 4. The summed E-state index contributed by atoms with van der Waals surface area (Å²) in [5.41, 5.74) is 1.36. The Morgan fingerprint density at radius 1 is 1.05 bits per heavy atom. The smallest absolute Gasteiger partial charge is 0.0674 e. The van der Waals surface area contributed by atoms with Crippen LogP contribution in [-0.2, 0) is 4.74 Å². The topological polar surface area (TPSA) is 27.7 Å². The first-order chi connectivity index (χ1) is 10.9. The van der Waals surface area contributed by atoms with Crippen molar-refractivity contribution in [3.63, 3.8) is 0 Å². The number of nitrogens with zero attached hydrogens (tertiary/aromatic N) is 2. The molecule has 1 atom stereocenters. The van der Waals surface area contributed by atoms with Gasteiger partial charge in [0, 0.05) is 37.3 Å². The third kappa shape index (κ3) is 2.87. The van der Waals surface area contributed by atoms with E-state index >= 15 is 0 Å². The minimum absolute atomic E-state index is 0.550. The summed E-state index contributed by atoms with van der Waals surface area (Å²) < 4.78 is 5.80. The summed E-state index contributed by atoms with van der Waals surface area (Å²) in [6.07, 6.45) is 2.63. The Morgan fingerprint density at radius 3 is 2.59 bits per heavy atom. The molecular formula is C18H27N3O. The number of likely N-dealkylation sites (tertiary alicyclic amines) is 1. The van der Waals surface area contributed by atoms with E-state index < -0.39 is 0 Å². The number of benzene rings is 1. The number of nitrogens with one attached hydrogen (secondary N) is 1. The second-order valence-electron chi connectivity index (χ2n) is 6.87. The van der Waals surface area contributed by atoms with Gasteiger partial charge in [-0.25, -0.2) is 0 Å². The number of hydrogen-bond donors (Lipinski definition) is 1. The van der Waals surface area contributed by atoms with Crippen LogP contribution < -0.4 is 10.2 Å². The quantitative estimate of drug-likeness (QED) is 0.917. The first kappa shape index (κ1) is 14.5. The zero-order valence-electron chi connectivity index (χ0n) is 13.3. The van der Waals surface area contributed by atoms with Gasteiger partial charge < -0.3 is 15.0 Å². The number of para-hydroxylation sites is 1. The van der Waals surface area contributed by atoms with Crippen LogP contribution in [0.4, 0.5) is 5.69 Å². The molecule has 0 aromatic heterocycles. The fourth-order valence-corrected chi connectivity index (χ4v) is 4.22. The molecule has 1 unspecified atom stereocenters. The third-order valence-electron chi connectivity index (χ3n) is 5.56. The second-order valence-corrected chi connectivity index (χ2v) is 6.87. The number of ether oxygens (including phenoxy) is 1. The van der Waals surface area contributed by atoms with Gasteiger partial charge in [-0.05, 0) is 38.1 Å². The summed E-state index contributed by atoms with van der Waals surface area (Å²) in [5, 5.41) is 3.47. The van der Waals surface area contributed by atoms with Gasteiger partial charge >= 0.3 is 0 Å². The van der Waals surface area contributed by atoms with Gasteiger partial charge in [0.1, 0.15) is 0 Å². The van der Waals surface area contributed by atoms with Gasteiger partial charge in [-0.1, -0.05) is 18.2 Å². The molecule has 0 amide bonds. The van der Waals surface area contributed by atoms with Crippen molar-refractivity contribution in [3.05, 3.63) is 30.3 Å². The van der Waals surface area contributed by atoms with E-state index in [-0.39, 0.29) is 0 Å². The number of rotatable bonds is 3. The predicted octanol–water partition coefficient (Wildman–Crippen LogP) is 1.58. The van der Waals surface area contributed by atoms with E-state index in [1.165, 1.54) is 44.7 Å². The molecular weight excluding hydrogens is 274 g/mol. The fraction of sp³-hybridized carbons (Fsp3) is 0.667. The van der Waals surface area contributed by atoms with E-state index in [0.29, 0.717) is 6.04 Å². The third-order valence-corrected chi connectivity index (χ3v) is 5.56. The van der Waals surface area contributed by atoms with Crippen LogP contribution in [-0.4, -0.2) is 62.9 Å². The van der Waals surface area contributed by atoms with Crippen LogP contribution >= 0.6 is 0 Å². The lowest BCUT2D eigenvalue weighted by Crippen LogP contribution is -2.63. The molecule has 3 aliphatic rings. The van der Waals surface area contributed by atoms with E-state index in [2.05, 4.69) is 45.4 Å². The SMILES string of the molecule is c1ccc(N2CCOCC2C2CN(C3CCNCC3)C2)cc1. The van der Waals surface area contributed by atoms with Gasteiger partial charge in [0.05, 0.1) is 19.3 Å². The minimum atomic E-state index is 0.550. The highest BCUT2D eigenvalue weighted by Gasteiger charge is 2.40. The van der Waals surface area contributed by atoms with Crippen molar-refractivity contribution >= 4 is 5.69 Å². The Bertz CT molecular complexity index is 468. The maximum atomic E-state index is 5.80. The van der Waals surface area contributed by atoms with Crippen molar-refractivity contribution < 1.29 is 4.74 Å². The highest BCUT2D eigenvalue weighted by Crippen LogP contribution is 2.31. The average molecular weight is 301 g/mol. The van der Waals surface area contributed by atoms with Crippen molar-refractivity contribution in [2.75, 3.05) is 50.8 Å². The van der Waals surface area contributed by atoms with Crippen LogP contribution in [0.1, 0.15) is 12.8 Å². The molecule has 1 aromatic rings. The summed E-state index contributed by atoms with van der Waals surface area (Å²) in [7, 11) is 0. The van der Waals surface area contributed by atoms with Crippen molar-refractivity contribution in [1.82, 2.24) is 10.2 Å². The number of morpholine rings is 1. The molecule has 4 heteroatoms. The molecule has 120 valence electrons. The zero-order valence-corrected chi connectivity index (χ0v) is 13.3. The summed E-state index contributed by atoms with van der Waals surface area (Å²) in [6.45, 7) is 7.65. The van der Waals surface area contributed by atoms with Gasteiger partial charge in [-0.15, -0.1) is 0 Å². The molecule has 1 N–H and O–H groups in total. The minimum Gasteiger partial charge on any atom is -0.377 e. The predicted molar refractivity (Wildman–Crippen MR) is 89.3 cm³/mol. The van der Waals surface area contributed by atoms with Crippen LogP contribution in [0.15, 0.2) is 30.3 Å². The molecule has 0 bridgehead atoms. The molecule has 22 heavy (non-hydrogen) atoms. The van der Waals surface area contributed by atoms with Crippen molar-refractivity contribution in [1.29, 1.82) is 0 Å². The van der Waals surface area contributed by atoms with Gasteiger partial charge in [-0.2, -0.15) is 0 Å². The molecule has 3 saturated heterocycles. The lowest BCUT2D eigenvalue weighted by atomic mass is 9.86. The molecule has 3 fully saturated rings. The Kier molecular flexibility index (Phi) is 4.33. The summed E-state index contributed by atoms with van der Waals surface area (Å²) in [5.74, 6) is 0.760. The molecule has 0 spiro atoms. The highest BCUT2D eigenvalue weighted by molar-refractivity contribution is 5.47. The summed E-state index contributed by atoms with van der Waals surface area (Å²) >= 11 is 0. The van der Waals surface area contributed by atoms with Crippen LogP contribution in [0.25, 0.3) is 0 Å². The average Bonchev–Trinajstić information content (AvgIpc) is 2.56. The molecule has 4 nitrogen and oxygen atoms in total. The molecule has 1 aromatic carbocycles. The normalized spacial score (nSPS) is 28.5. The molecule has 0 saturated carbocycles. The van der Waals surface area contributed by atoms with Crippen molar-refractivity contribution in [3.8, 4) is 0 Å².